The quantitative estimate of drug-likeness (QED) is 0.224. The van der Waals surface area contributed by atoms with Gasteiger partial charge in [0.15, 0.2) is 23.0 Å². The van der Waals surface area contributed by atoms with Crippen LogP contribution in [-0.4, -0.2) is 56.7 Å². The molecule has 4 rings (SSSR count). The Kier molecular flexibility index (Phi) is 9.39. The number of hydrogen-bond acceptors (Lipinski definition) is 8. The van der Waals surface area contributed by atoms with E-state index in [9.17, 15) is 20.1 Å². The summed E-state index contributed by atoms with van der Waals surface area (Å²) in [5.74, 6) is 1.37. The zero-order valence-corrected chi connectivity index (χ0v) is 25.0. The van der Waals surface area contributed by atoms with Crippen LogP contribution in [0.25, 0.3) is 21.9 Å². The van der Waals surface area contributed by atoms with Crippen LogP contribution in [0.15, 0.2) is 53.0 Å². The van der Waals surface area contributed by atoms with E-state index in [0.717, 1.165) is 5.39 Å². The molecule has 1 amide bonds. The molecule has 4 aromatic carbocycles. The topological polar surface area (TPSA) is 118 Å². The molecular weight excluding hydrogens is 594 g/mol. The Morgan fingerprint density at radius 2 is 1.44 bits per heavy atom. The standard InChI is InChI=1S/C31H32BrNO8/c1-33(31(37)28-22(16-36)17(14-34)9-10-23(28)32)24-8-6-7-20-21(24)13-26(39-3)30(41-5)27(20)18-11-19(15-35)29(40-4)25(12-18)38-2/h6-13,34-36H,14-16H2,1-5H3. The fraction of sp³-hybridized carbons (Fsp3) is 0.258. The number of carbonyl (C=O) groups excluding carboxylic acids is 1. The Hall–Kier alpha value is -3.83. The van der Waals surface area contributed by atoms with Crippen LogP contribution in [0.5, 0.6) is 23.0 Å². The fourth-order valence-electron chi connectivity index (χ4n) is 5.10. The number of aliphatic hydroxyl groups excluding tert-OH is 3. The van der Waals surface area contributed by atoms with E-state index in [-0.39, 0.29) is 24.7 Å². The van der Waals surface area contributed by atoms with Crippen molar-refractivity contribution in [3.63, 3.8) is 0 Å². The van der Waals surface area contributed by atoms with Gasteiger partial charge in [0.2, 0.25) is 0 Å². The van der Waals surface area contributed by atoms with Crippen LogP contribution < -0.4 is 23.8 Å². The second-order valence-electron chi connectivity index (χ2n) is 9.13. The lowest BCUT2D eigenvalue weighted by molar-refractivity contribution is 0.0989. The Balaban J connectivity index is 2.01. The number of hydrogen-bond donors (Lipinski definition) is 3. The molecule has 0 atom stereocenters. The first-order valence-electron chi connectivity index (χ1n) is 12.6. The van der Waals surface area contributed by atoms with Crippen LogP contribution in [0.4, 0.5) is 5.69 Å². The van der Waals surface area contributed by atoms with Gasteiger partial charge in [0.1, 0.15) is 0 Å². The van der Waals surface area contributed by atoms with Crippen molar-refractivity contribution in [3.05, 3.63) is 75.3 Å². The molecule has 0 bridgehead atoms. The lowest BCUT2D eigenvalue weighted by atomic mass is 9.93. The third-order valence-electron chi connectivity index (χ3n) is 7.08. The van der Waals surface area contributed by atoms with Gasteiger partial charge < -0.3 is 39.2 Å². The van der Waals surface area contributed by atoms with Crippen molar-refractivity contribution in [1.82, 2.24) is 0 Å². The van der Waals surface area contributed by atoms with Gasteiger partial charge in [0.05, 0.1) is 59.5 Å². The first-order valence-corrected chi connectivity index (χ1v) is 13.4. The molecule has 4 aromatic rings. The third kappa shape index (κ3) is 5.31. The predicted octanol–water partition coefficient (Wildman–Crippen LogP) is 5.06. The number of ether oxygens (including phenoxy) is 4. The highest BCUT2D eigenvalue weighted by atomic mass is 79.9. The summed E-state index contributed by atoms with van der Waals surface area (Å²) in [6.45, 7) is -1.01. The van der Waals surface area contributed by atoms with Crippen LogP contribution in [0.2, 0.25) is 0 Å². The van der Waals surface area contributed by atoms with Crippen LogP contribution in [0.3, 0.4) is 0 Å². The van der Waals surface area contributed by atoms with E-state index < -0.39 is 6.61 Å². The second kappa shape index (κ2) is 12.8. The van der Waals surface area contributed by atoms with E-state index in [1.807, 2.05) is 18.2 Å². The predicted molar refractivity (Wildman–Crippen MR) is 160 cm³/mol. The SMILES string of the molecule is COc1cc(-c2c(OC)c(OC)cc3c(N(C)C(=O)c4c(Br)ccc(CO)c4CO)cccc23)cc(CO)c1OC. The molecule has 9 nitrogen and oxygen atoms in total. The van der Waals surface area contributed by atoms with E-state index in [0.29, 0.717) is 66.4 Å². The van der Waals surface area contributed by atoms with Crippen molar-refractivity contribution in [2.45, 2.75) is 19.8 Å². The average Bonchev–Trinajstić information content (AvgIpc) is 3.01. The molecule has 41 heavy (non-hydrogen) atoms. The summed E-state index contributed by atoms with van der Waals surface area (Å²) in [7, 11) is 7.75. The monoisotopic (exact) mass is 625 g/mol. The first kappa shape index (κ1) is 30.1. The summed E-state index contributed by atoms with van der Waals surface area (Å²) < 4.78 is 23.1. The van der Waals surface area contributed by atoms with Crippen LogP contribution in [0, 0.1) is 0 Å². The smallest absolute Gasteiger partial charge is 0.259 e. The number of benzene rings is 4. The number of rotatable bonds is 10. The van der Waals surface area contributed by atoms with Crippen LogP contribution in [0.1, 0.15) is 27.0 Å². The maximum absolute atomic E-state index is 13.9. The van der Waals surface area contributed by atoms with Gasteiger partial charge >= 0.3 is 0 Å². The number of halogens is 1. The summed E-state index contributed by atoms with van der Waals surface area (Å²) in [6.07, 6.45) is 0. The highest BCUT2D eigenvalue weighted by Gasteiger charge is 2.26. The summed E-state index contributed by atoms with van der Waals surface area (Å²) in [4.78, 5) is 15.4. The maximum Gasteiger partial charge on any atom is 0.259 e. The van der Waals surface area contributed by atoms with Gasteiger partial charge in [-0.3, -0.25) is 4.79 Å². The normalized spacial score (nSPS) is 11.0. The third-order valence-corrected chi connectivity index (χ3v) is 7.75. The van der Waals surface area contributed by atoms with E-state index >= 15 is 0 Å². The number of carbonyl (C=O) groups is 1. The summed E-state index contributed by atoms with van der Waals surface area (Å²) in [5, 5.41) is 31.4. The molecule has 0 aliphatic rings. The Morgan fingerprint density at radius 3 is 2.02 bits per heavy atom. The van der Waals surface area contributed by atoms with Gasteiger partial charge in [-0.15, -0.1) is 0 Å². The van der Waals surface area contributed by atoms with Gasteiger partial charge in [-0.25, -0.2) is 0 Å². The molecule has 216 valence electrons. The molecule has 10 heteroatoms. The molecule has 0 spiro atoms. The number of aliphatic hydroxyl groups is 3. The highest BCUT2D eigenvalue weighted by Crippen LogP contribution is 2.48. The Labute approximate surface area is 246 Å². The molecule has 0 aromatic heterocycles. The number of anilines is 1. The summed E-state index contributed by atoms with van der Waals surface area (Å²) >= 11 is 3.45. The molecular formula is C31H32BrNO8. The molecule has 3 N–H and O–H groups in total. The van der Waals surface area contributed by atoms with Crippen LogP contribution >= 0.6 is 15.9 Å². The van der Waals surface area contributed by atoms with Crippen LogP contribution in [-0.2, 0) is 19.8 Å². The minimum absolute atomic E-state index is 0.256. The van der Waals surface area contributed by atoms with E-state index in [1.165, 1.54) is 26.2 Å². The van der Waals surface area contributed by atoms with E-state index in [4.69, 9.17) is 18.9 Å². The van der Waals surface area contributed by atoms with Crippen molar-refractivity contribution in [2.75, 3.05) is 40.4 Å². The summed E-state index contributed by atoms with van der Waals surface area (Å²) in [5.41, 5.74) is 3.51. The highest BCUT2D eigenvalue weighted by molar-refractivity contribution is 9.10. The van der Waals surface area contributed by atoms with Crippen molar-refractivity contribution in [1.29, 1.82) is 0 Å². The lowest BCUT2D eigenvalue weighted by Gasteiger charge is -2.24. The number of amides is 1. The lowest BCUT2D eigenvalue weighted by Crippen LogP contribution is -2.28. The maximum atomic E-state index is 13.9. The van der Waals surface area contributed by atoms with Crippen molar-refractivity contribution in [2.24, 2.45) is 0 Å². The fourth-order valence-corrected chi connectivity index (χ4v) is 5.64. The van der Waals surface area contributed by atoms with Crippen molar-refractivity contribution < 1.29 is 39.1 Å². The van der Waals surface area contributed by atoms with E-state index in [2.05, 4.69) is 15.9 Å². The second-order valence-corrected chi connectivity index (χ2v) is 9.98. The molecule has 0 heterocycles. The Bertz CT molecular complexity index is 1580. The molecule has 0 fully saturated rings. The van der Waals surface area contributed by atoms with Crippen molar-refractivity contribution in [3.8, 4) is 34.1 Å². The minimum Gasteiger partial charge on any atom is -0.493 e. The summed E-state index contributed by atoms with van der Waals surface area (Å²) in [6, 6.07) is 14.3. The molecule has 0 aliphatic heterocycles. The molecule has 0 aliphatic carbocycles. The molecule has 0 radical (unpaired) electrons. The van der Waals surface area contributed by atoms with Gasteiger partial charge in [0.25, 0.3) is 5.91 Å². The zero-order valence-electron chi connectivity index (χ0n) is 23.4. The molecule has 0 unspecified atom stereocenters. The van der Waals surface area contributed by atoms with Crippen molar-refractivity contribution >= 4 is 38.3 Å². The minimum atomic E-state index is -0.415. The van der Waals surface area contributed by atoms with Gasteiger partial charge in [-0.2, -0.15) is 0 Å². The number of methoxy groups -OCH3 is 4. The van der Waals surface area contributed by atoms with Gasteiger partial charge in [-0.05, 0) is 68.3 Å². The largest absolute Gasteiger partial charge is 0.493 e. The number of fused-ring (bicyclic) bond motifs is 1. The van der Waals surface area contributed by atoms with E-state index in [1.54, 1.807) is 44.5 Å². The molecule has 0 saturated heterocycles. The zero-order chi connectivity index (χ0) is 29.8. The van der Waals surface area contributed by atoms with Gasteiger partial charge in [0, 0.05) is 28.0 Å². The average molecular weight is 627 g/mol. The molecule has 0 saturated carbocycles. The first-order chi connectivity index (χ1) is 19.8. The Morgan fingerprint density at radius 1 is 0.780 bits per heavy atom. The number of nitrogens with zero attached hydrogens (tertiary/aromatic N) is 1. The van der Waals surface area contributed by atoms with Gasteiger partial charge in [-0.1, -0.05) is 18.2 Å².